The van der Waals surface area contributed by atoms with Crippen molar-refractivity contribution in [2.75, 3.05) is 6.54 Å². The maximum atomic E-state index is 13.4. The van der Waals surface area contributed by atoms with Crippen molar-refractivity contribution in [3.8, 4) is 0 Å². The standard InChI is InChI=1S/C15H13BrF3N/c1-2-20-15(9-3-4-14(19)13(16)7-9)10-5-11(17)8-12(18)6-10/h3-8,15,20H,2H2,1H3. The highest BCUT2D eigenvalue weighted by Gasteiger charge is 2.16. The molecule has 0 aliphatic rings. The van der Waals surface area contributed by atoms with Gasteiger partial charge in [-0.1, -0.05) is 13.0 Å². The smallest absolute Gasteiger partial charge is 0.137 e. The molecule has 0 amide bonds. The first-order chi connectivity index (χ1) is 9.51. The number of rotatable bonds is 4. The monoisotopic (exact) mass is 343 g/mol. The Kier molecular flexibility index (Phi) is 4.83. The Hall–Kier alpha value is -1.33. The lowest BCUT2D eigenvalue weighted by molar-refractivity contribution is 0.564. The Labute approximate surface area is 123 Å². The molecule has 106 valence electrons. The van der Waals surface area contributed by atoms with Crippen molar-refractivity contribution in [1.82, 2.24) is 5.32 Å². The van der Waals surface area contributed by atoms with Crippen molar-refractivity contribution < 1.29 is 13.2 Å². The molecule has 0 radical (unpaired) electrons. The summed E-state index contributed by atoms with van der Waals surface area (Å²) < 4.78 is 40.3. The van der Waals surface area contributed by atoms with E-state index in [9.17, 15) is 13.2 Å². The zero-order chi connectivity index (χ0) is 14.7. The van der Waals surface area contributed by atoms with Crippen LogP contribution < -0.4 is 5.32 Å². The Morgan fingerprint density at radius 1 is 1.00 bits per heavy atom. The summed E-state index contributed by atoms with van der Waals surface area (Å²) in [5.41, 5.74) is 1.19. The summed E-state index contributed by atoms with van der Waals surface area (Å²) in [7, 11) is 0. The SMILES string of the molecule is CCNC(c1cc(F)cc(F)c1)c1ccc(F)c(Br)c1. The number of nitrogens with one attached hydrogen (secondary N) is 1. The van der Waals surface area contributed by atoms with Gasteiger partial charge < -0.3 is 5.32 Å². The maximum Gasteiger partial charge on any atom is 0.137 e. The van der Waals surface area contributed by atoms with Gasteiger partial charge in [0.05, 0.1) is 10.5 Å². The van der Waals surface area contributed by atoms with E-state index in [0.29, 0.717) is 16.6 Å². The Morgan fingerprint density at radius 3 is 2.20 bits per heavy atom. The van der Waals surface area contributed by atoms with Crippen LogP contribution in [0.1, 0.15) is 24.1 Å². The molecule has 1 nitrogen and oxygen atoms in total. The second-order valence-electron chi connectivity index (χ2n) is 4.37. The van der Waals surface area contributed by atoms with Gasteiger partial charge in [-0.25, -0.2) is 13.2 Å². The van der Waals surface area contributed by atoms with Gasteiger partial charge in [0.15, 0.2) is 0 Å². The highest BCUT2D eigenvalue weighted by atomic mass is 79.9. The molecule has 0 fully saturated rings. The first kappa shape index (κ1) is 15.1. The van der Waals surface area contributed by atoms with Crippen LogP contribution in [-0.4, -0.2) is 6.54 Å². The fourth-order valence-electron chi connectivity index (χ4n) is 2.07. The Balaban J connectivity index is 2.46. The second kappa shape index (κ2) is 6.41. The van der Waals surface area contributed by atoms with E-state index in [-0.39, 0.29) is 5.82 Å². The van der Waals surface area contributed by atoms with Crippen molar-refractivity contribution in [3.63, 3.8) is 0 Å². The molecule has 2 aromatic rings. The van der Waals surface area contributed by atoms with Crippen molar-refractivity contribution in [1.29, 1.82) is 0 Å². The lowest BCUT2D eigenvalue weighted by Crippen LogP contribution is -2.22. The third-order valence-electron chi connectivity index (χ3n) is 2.90. The fourth-order valence-corrected chi connectivity index (χ4v) is 2.46. The summed E-state index contributed by atoms with van der Waals surface area (Å²) in [6.07, 6.45) is 0. The first-order valence-electron chi connectivity index (χ1n) is 6.15. The molecule has 2 aromatic carbocycles. The van der Waals surface area contributed by atoms with Gasteiger partial charge in [0.1, 0.15) is 17.5 Å². The summed E-state index contributed by atoms with van der Waals surface area (Å²) in [6, 6.07) is 7.48. The molecule has 0 aromatic heterocycles. The van der Waals surface area contributed by atoms with E-state index in [4.69, 9.17) is 0 Å². The normalized spacial score (nSPS) is 12.4. The second-order valence-corrected chi connectivity index (χ2v) is 5.22. The minimum Gasteiger partial charge on any atom is -0.307 e. The van der Waals surface area contributed by atoms with E-state index in [1.165, 1.54) is 18.2 Å². The number of benzene rings is 2. The first-order valence-corrected chi connectivity index (χ1v) is 6.95. The summed E-state index contributed by atoms with van der Waals surface area (Å²) in [4.78, 5) is 0. The summed E-state index contributed by atoms with van der Waals surface area (Å²) in [6.45, 7) is 2.50. The number of hydrogen-bond acceptors (Lipinski definition) is 1. The lowest BCUT2D eigenvalue weighted by atomic mass is 9.98. The van der Waals surface area contributed by atoms with Crippen LogP contribution in [0.4, 0.5) is 13.2 Å². The molecule has 1 N–H and O–H groups in total. The molecule has 0 spiro atoms. The molecule has 5 heteroatoms. The third-order valence-corrected chi connectivity index (χ3v) is 3.51. The van der Waals surface area contributed by atoms with Gasteiger partial charge in [-0.15, -0.1) is 0 Å². The van der Waals surface area contributed by atoms with Crippen molar-refractivity contribution in [3.05, 3.63) is 69.4 Å². The van der Waals surface area contributed by atoms with E-state index in [1.807, 2.05) is 6.92 Å². The number of halogens is 4. The van der Waals surface area contributed by atoms with Crippen LogP contribution in [0.15, 0.2) is 40.9 Å². The quantitative estimate of drug-likeness (QED) is 0.857. The van der Waals surface area contributed by atoms with Gasteiger partial charge in [0.2, 0.25) is 0 Å². The van der Waals surface area contributed by atoms with Gasteiger partial charge in [0, 0.05) is 6.07 Å². The van der Waals surface area contributed by atoms with Crippen LogP contribution in [-0.2, 0) is 0 Å². The molecule has 0 heterocycles. The van der Waals surface area contributed by atoms with E-state index < -0.39 is 17.7 Å². The molecular formula is C15H13BrF3N. The lowest BCUT2D eigenvalue weighted by Gasteiger charge is -2.19. The molecule has 1 atom stereocenters. The largest absolute Gasteiger partial charge is 0.307 e. The Bertz CT molecular complexity index is 596. The molecule has 0 saturated heterocycles. The van der Waals surface area contributed by atoms with Crippen molar-refractivity contribution in [2.24, 2.45) is 0 Å². The van der Waals surface area contributed by atoms with Gasteiger partial charge in [-0.2, -0.15) is 0 Å². The van der Waals surface area contributed by atoms with Gasteiger partial charge >= 0.3 is 0 Å². The van der Waals surface area contributed by atoms with Crippen LogP contribution >= 0.6 is 15.9 Å². The van der Waals surface area contributed by atoms with E-state index >= 15 is 0 Å². The molecular weight excluding hydrogens is 331 g/mol. The summed E-state index contributed by atoms with van der Waals surface area (Å²) in [5.74, 6) is -1.65. The molecule has 0 aliphatic heterocycles. The zero-order valence-electron chi connectivity index (χ0n) is 10.8. The predicted octanol–water partition coefficient (Wildman–Crippen LogP) is 4.57. The molecule has 20 heavy (non-hydrogen) atoms. The highest BCUT2D eigenvalue weighted by Crippen LogP contribution is 2.27. The van der Waals surface area contributed by atoms with E-state index in [2.05, 4.69) is 21.2 Å². The van der Waals surface area contributed by atoms with Crippen LogP contribution in [0, 0.1) is 17.5 Å². The fraction of sp³-hybridized carbons (Fsp3) is 0.200. The number of hydrogen-bond donors (Lipinski definition) is 1. The molecule has 1 unspecified atom stereocenters. The topological polar surface area (TPSA) is 12.0 Å². The zero-order valence-corrected chi connectivity index (χ0v) is 12.3. The maximum absolute atomic E-state index is 13.4. The van der Waals surface area contributed by atoms with Gasteiger partial charge in [-0.3, -0.25) is 0 Å². The third kappa shape index (κ3) is 3.41. The highest BCUT2D eigenvalue weighted by molar-refractivity contribution is 9.10. The van der Waals surface area contributed by atoms with Crippen LogP contribution in [0.5, 0.6) is 0 Å². The summed E-state index contributed by atoms with van der Waals surface area (Å²) in [5, 5.41) is 3.14. The predicted molar refractivity (Wildman–Crippen MR) is 76.0 cm³/mol. The Morgan fingerprint density at radius 2 is 1.65 bits per heavy atom. The van der Waals surface area contributed by atoms with Crippen LogP contribution in [0.2, 0.25) is 0 Å². The van der Waals surface area contributed by atoms with Crippen LogP contribution in [0.25, 0.3) is 0 Å². The van der Waals surface area contributed by atoms with Gasteiger partial charge in [0.25, 0.3) is 0 Å². The van der Waals surface area contributed by atoms with Crippen molar-refractivity contribution in [2.45, 2.75) is 13.0 Å². The van der Waals surface area contributed by atoms with Gasteiger partial charge in [-0.05, 0) is 57.9 Å². The average molecular weight is 344 g/mol. The minimum atomic E-state index is -0.635. The van der Waals surface area contributed by atoms with Crippen molar-refractivity contribution >= 4 is 15.9 Å². The van der Waals surface area contributed by atoms with E-state index in [1.54, 1.807) is 12.1 Å². The molecule has 0 saturated carbocycles. The summed E-state index contributed by atoms with van der Waals surface area (Å²) >= 11 is 3.12. The molecule has 2 rings (SSSR count). The van der Waals surface area contributed by atoms with Crippen LogP contribution in [0.3, 0.4) is 0 Å². The average Bonchev–Trinajstić information content (AvgIpc) is 2.38. The minimum absolute atomic E-state index is 0.315. The van der Waals surface area contributed by atoms with E-state index in [0.717, 1.165) is 11.6 Å². The molecule has 0 aliphatic carbocycles. The molecule has 0 bridgehead atoms.